The molecule has 0 radical (unpaired) electrons. The number of pyridine rings is 1. The number of ether oxygens (including phenoxy) is 1. The zero-order valence-electron chi connectivity index (χ0n) is 27.6. The SMILES string of the molecule is C#Cc1cccc2cc(O)cc(-c3ncc4c(N5CCC(C)(C)CC(NC(=O)C=C)C5)nc(OCC56CCCN5CCC6)nc4c3F)c12. The fraction of sp³-hybridized carbons (Fsp3) is 0.421. The highest BCUT2D eigenvalue weighted by atomic mass is 19.1. The summed E-state index contributed by atoms with van der Waals surface area (Å²) in [5, 5.41) is 15.4. The van der Waals surface area contributed by atoms with Crippen LogP contribution in [0.1, 0.15) is 57.9 Å². The molecule has 5 heterocycles. The summed E-state index contributed by atoms with van der Waals surface area (Å²) in [7, 11) is 0. The normalized spacial score (nSPS) is 20.3. The van der Waals surface area contributed by atoms with E-state index in [1.54, 1.807) is 24.4 Å². The number of hydrogen-bond donors (Lipinski definition) is 2. The summed E-state index contributed by atoms with van der Waals surface area (Å²) in [6.45, 7) is 11.6. The highest BCUT2D eigenvalue weighted by Gasteiger charge is 2.45. The number of terminal acetylenes is 1. The van der Waals surface area contributed by atoms with Gasteiger partial charge in [0.05, 0.1) is 10.9 Å². The molecule has 0 bridgehead atoms. The topological polar surface area (TPSA) is 104 Å². The van der Waals surface area contributed by atoms with Gasteiger partial charge in [-0.2, -0.15) is 9.97 Å². The number of fused-ring (bicyclic) bond motifs is 3. The third-order valence-corrected chi connectivity index (χ3v) is 10.4. The van der Waals surface area contributed by atoms with Crippen LogP contribution in [-0.2, 0) is 4.79 Å². The number of aromatic nitrogens is 3. The van der Waals surface area contributed by atoms with Crippen molar-refractivity contribution in [3.63, 3.8) is 0 Å². The van der Waals surface area contributed by atoms with Crippen molar-refractivity contribution in [1.82, 2.24) is 25.2 Å². The van der Waals surface area contributed by atoms with Crippen LogP contribution in [0, 0.1) is 23.6 Å². The molecule has 0 aliphatic carbocycles. The zero-order chi connectivity index (χ0) is 33.6. The van der Waals surface area contributed by atoms with Crippen LogP contribution in [0.25, 0.3) is 32.9 Å². The number of rotatable bonds is 7. The summed E-state index contributed by atoms with van der Waals surface area (Å²) >= 11 is 0. The number of nitrogens with zero attached hydrogens (tertiary/aromatic N) is 5. The second kappa shape index (κ2) is 12.4. The third kappa shape index (κ3) is 5.81. The molecule has 4 aromatic rings. The van der Waals surface area contributed by atoms with Crippen molar-refractivity contribution in [2.75, 3.05) is 37.7 Å². The van der Waals surface area contributed by atoms with Gasteiger partial charge in [0.25, 0.3) is 0 Å². The van der Waals surface area contributed by atoms with Gasteiger partial charge in [-0.3, -0.25) is 14.7 Å². The Morgan fingerprint density at radius 2 is 2.00 bits per heavy atom. The number of aromatic hydroxyl groups is 1. The van der Waals surface area contributed by atoms with Crippen LogP contribution in [-0.4, -0.2) is 75.2 Å². The minimum Gasteiger partial charge on any atom is -0.508 e. The first-order valence-electron chi connectivity index (χ1n) is 16.7. The first kappa shape index (κ1) is 31.8. The van der Waals surface area contributed by atoms with Crippen LogP contribution >= 0.6 is 0 Å². The Bertz CT molecular complexity index is 1960. The molecular formula is C38H41FN6O3. The van der Waals surface area contributed by atoms with E-state index in [2.05, 4.69) is 51.4 Å². The van der Waals surface area contributed by atoms with Crippen LogP contribution < -0.4 is 15.0 Å². The first-order chi connectivity index (χ1) is 23.1. The van der Waals surface area contributed by atoms with E-state index in [-0.39, 0.29) is 45.9 Å². The Hall–Kier alpha value is -4.75. The van der Waals surface area contributed by atoms with E-state index in [1.165, 1.54) is 12.1 Å². The predicted molar refractivity (Wildman–Crippen MR) is 185 cm³/mol. The van der Waals surface area contributed by atoms with Gasteiger partial charge in [0, 0.05) is 41.8 Å². The quantitative estimate of drug-likeness (QED) is 0.187. The Morgan fingerprint density at radius 1 is 1.21 bits per heavy atom. The average Bonchev–Trinajstić information content (AvgIpc) is 3.61. The molecule has 10 heteroatoms. The molecule has 2 N–H and O–H groups in total. The van der Waals surface area contributed by atoms with Crippen LogP contribution in [0.4, 0.5) is 10.2 Å². The second-order valence-electron chi connectivity index (χ2n) is 14.2. The summed E-state index contributed by atoms with van der Waals surface area (Å²) in [6.07, 6.45) is 14.6. The van der Waals surface area contributed by atoms with Gasteiger partial charge < -0.3 is 20.1 Å². The van der Waals surface area contributed by atoms with Gasteiger partial charge in [0.2, 0.25) is 5.91 Å². The average molecular weight is 649 g/mol. The van der Waals surface area contributed by atoms with E-state index in [1.807, 2.05) is 6.07 Å². The largest absolute Gasteiger partial charge is 0.508 e. The monoisotopic (exact) mass is 648 g/mol. The molecule has 2 aromatic carbocycles. The summed E-state index contributed by atoms with van der Waals surface area (Å²) in [5.41, 5.74) is 0.900. The van der Waals surface area contributed by atoms with E-state index in [4.69, 9.17) is 16.1 Å². The number of benzene rings is 2. The number of carbonyl (C=O) groups is 1. The maximum absolute atomic E-state index is 17.0. The van der Waals surface area contributed by atoms with Gasteiger partial charge in [-0.05, 0) is 86.7 Å². The Labute approximate surface area is 280 Å². The smallest absolute Gasteiger partial charge is 0.319 e. The number of carbonyl (C=O) groups excluding carboxylic acids is 1. The Kier molecular flexibility index (Phi) is 8.20. The van der Waals surface area contributed by atoms with Gasteiger partial charge in [-0.1, -0.05) is 38.5 Å². The molecule has 3 aliphatic heterocycles. The van der Waals surface area contributed by atoms with Crippen molar-refractivity contribution in [3.05, 3.63) is 60.6 Å². The molecule has 1 unspecified atom stereocenters. The fourth-order valence-corrected chi connectivity index (χ4v) is 8.07. The summed E-state index contributed by atoms with van der Waals surface area (Å²) in [6, 6.07) is 8.40. The summed E-state index contributed by atoms with van der Waals surface area (Å²) in [5.74, 6) is 2.26. The van der Waals surface area contributed by atoms with Gasteiger partial charge in [-0.25, -0.2) is 4.39 Å². The van der Waals surface area contributed by atoms with Gasteiger partial charge in [-0.15, -0.1) is 6.42 Å². The molecule has 1 atom stereocenters. The van der Waals surface area contributed by atoms with E-state index >= 15 is 4.39 Å². The maximum atomic E-state index is 17.0. The molecule has 48 heavy (non-hydrogen) atoms. The highest BCUT2D eigenvalue weighted by molar-refractivity contribution is 6.02. The molecule has 0 saturated carbocycles. The molecule has 0 spiro atoms. The molecule has 3 aliphatic rings. The van der Waals surface area contributed by atoms with Crippen molar-refractivity contribution in [2.24, 2.45) is 5.41 Å². The number of phenolic OH excluding ortho intramolecular Hbond substituents is 1. The molecule has 7 rings (SSSR count). The van der Waals surface area contributed by atoms with Crippen LogP contribution in [0.3, 0.4) is 0 Å². The zero-order valence-corrected chi connectivity index (χ0v) is 27.6. The number of phenols is 1. The molecule has 9 nitrogen and oxygen atoms in total. The lowest BCUT2D eigenvalue weighted by Gasteiger charge is -2.31. The lowest BCUT2D eigenvalue weighted by atomic mass is 9.84. The molecule has 3 fully saturated rings. The fourth-order valence-electron chi connectivity index (χ4n) is 8.07. The molecule has 2 aromatic heterocycles. The number of anilines is 1. The first-order valence-corrected chi connectivity index (χ1v) is 16.7. The van der Waals surface area contributed by atoms with Gasteiger partial charge in [0.15, 0.2) is 5.82 Å². The molecule has 3 saturated heterocycles. The van der Waals surface area contributed by atoms with Crippen molar-refractivity contribution >= 4 is 33.4 Å². The second-order valence-corrected chi connectivity index (χ2v) is 14.2. The van der Waals surface area contributed by atoms with Gasteiger partial charge in [0.1, 0.15) is 29.4 Å². The molecule has 1 amide bonds. The Balaban J connectivity index is 1.37. The van der Waals surface area contributed by atoms with Crippen molar-refractivity contribution in [3.8, 4) is 35.4 Å². The number of nitrogens with one attached hydrogen (secondary N) is 1. The summed E-state index contributed by atoms with van der Waals surface area (Å²) < 4.78 is 23.4. The van der Waals surface area contributed by atoms with Crippen LogP contribution in [0.15, 0.2) is 49.2 Å². The number of amides is 1. The van der Waals surface area contributed by atoms with Crippen molar-refractivity contribution in [2.45, 2.75) is 64.0 Å². The maximum Gasteiger partial charge on any atom is 0.319 e. The van der Waals surface area contributed by atoms with E-state index in [0.29, 0.717) is 52.8 Å². The Morgan fingerprint density at radius 3 is 2.75 bits per heavy atom. The van der Waals surface area contributed by atoms with Crippen LogP contribution in [0.2, 0.25) is 0 Å². The van der Waals surface area contributed by atoms with E-state index < -0.39 is 5.82 Å². The third-order valence-electron chi connectivity index (χ3n) is 10.4. The number of hydrogen-bond acceptors (Lipinski definition) is 8. The summed E-state index contributed by atoms with van der Waals surface area (Å²) in [4.78, 5) is 31.2. The standard InChI is InChI=1S/C38H41FN6O3/c1-5-24-10-7-11-25-18-27(46)19-28(31(24)25)33-32(39)34-29(21-40-33)35(44-17-14-37(3,4)20-26(22-44)41-30(47)6-2)43-36(42-34)48-23-38-12-8-15-45(38)16-9-13-38/h1,6-7,10-11,18-19,21,26,46H,2,8-9,12-17,20,22-23H2,3-4H3,(H,41,47). The lowest BCUT2D eigenvalue weighted by Crippen LogP contribution is -2.44. The van der Waals surface area contributed by atoms with Crippen LogP contribution in [0.5, 0.6) is 11.8 Å². The van der Waals surface area contributed by atoms with Crippen molar-refractivity contribution in [1.29, 1.82) is 0 Å². The van der Waals surface area contributed by atoms with Crippen molar-refractivity contribution < 1.29 is 19.0 Å². The molecular weight excluding hydrogens is 607 g/mol. The lowest BCUT2D eigenvalue weighted by molar-refractivity contribution is -0.117. The predicted octanol–water partition coefficient (Wildman–Crippen LogP) is 5.98. The highest BCUT2D eigenvalue weighted by Crippen LogP contribution is 2.41. The van der Waals surface area contributed by atoms with E-state index in [0.717, 1.165) is 51.6 Å². The van der Waals surface area contributed by atoms with E-state index in [9.17, 15) is 9.90 Å². The molecule has 248 valence electrons. The minimum absolute atomic E-state index is 0.0196. The minimum atomic E-state index is -0.659. The van der Waals surface area contributed by atoms with Gasteiger partial charge >= 0.3 is 6.01 Å². The number of halogens is 1.